The Morgan fingerprint density at radius 1 is 1.00 bits per heavy atom. The number of nitrogens with zero attached hydrogens (tertiary/aromatic N) is 2. The number of imide groups is 1. The van der Waals surface area contributed by atoms with Crippen LogP contribution in [-0.4, -0.2) is 21.2 Å². The zero-order valence-corrected chi connectivity index (χ0v) is 16.3. The van der Waals surface area contributed by atoms with Crippen molar-refractivity contribution in [1.82, 2.24) is 9.29 Å². The number of hydrogen-bond acceptors (Lipinski definition) is 4. The highest BCUT2D eigenvalue weighted by molar-refractivity contribution is 7.79. The maximum atomic E-state index is 12.6. The molecule has 0 aliphatic rings. The van der Waals surface area contributed by atoms with Crippen molar-refractivity contribution in [1.29, 1.82) is 0 Å². The van der Waals surface area contributed by atoms with Gasteiger partial charge in [0.25, 0.3) is 5.91 Å². The van der Waals surface area contributed by atoms with Crippen LogP contribution in [0.1, 0.15) is 36.7 Å². The number of carbonyl (C=O) groups excluding carboxylic acids is 2. The van der Waals surface area contributed by atoms with Gasteiger partial charge in [0.15, 0.2) is 0 Å². The van der Waals surface area contributed by atoms with E-state index in [4.69, 9.17) is 0 Å². The quantitative estimate of drug-likeness (QED) is 0.612. The van der Waals surface area contributed by atoms with E-state index in [0.29, 0.717) is 11.3 Å². The molecule has 27 heavy (non-hydrogen) atoms. The van der Waals surface area contributed by atoms with Gasteiger partial charge >= 0.3 is 6.03 Å². The molecule has 1 N–H and O–H groups in total. The minimum absolute atomic E-state index is 0.0119. The van der Waals surface area contributed by atoms with Crippen LogP contribution in [0.25, 0.3) is 10.9 Å². The summed E-state index contributed by atoms with van der Waals surface area (Å²) in [5.74, 6) is -0.491. The first kappa shape index (κ1) is 18.9. The minimum Gasteiger partial charge on any atom is -0.306 e. The van der Waals surface area contributed by atoms with Crippen LogP contribution in [0.15, 0.2) is 60.8 Å². The van der Waals surface area contributed by atoms with Crippen molar-refractivity contribution in [2.24, 2.45) is 0 Å². The Balaban J connectivity index is 1.77. The first-order valence-electron chi connectivity index (χ1n) is 8.56. The van der Waals surface area contributed by atoms with E-state index in [2.05, 4.69) is 43.9 Å². The number of amides is 3. The average molecular weight is 379 g/mol. The lowest BCUT2D eigenvalue weighted by molar-refractivity contribution is 0.0901. The Bertz CT molecular complexity index is 989. The molecule has 3 rings (SSSR count). The third kappa shape index (κ3) is 4.11. The summed E-state index contributed by atoms with van der Waals surface area (Å²) in [5.41, 5.74) is 2.82. The summed E-state index contributed by atoms with van der Waals surface area (Å²) in [6, 6.07) is 15.6. The third-order valence-corrected chi connectivity index (χ3v) is 4.63. The predicted molar refractivity (Wildman–Crippen MR) is 111 cm³/mol. The van der Waals surface area contributed by atoms with Crippen LogP contribution < -0.4 is 5.32 Å². The number of hydrogen-bond donors (Lipinski definition) is 2. The van der Waals surface area contributed by atoms with Gasteiger partial charge in [0.2, 0.25) is 0 Å². The summed E-state index contributed by atoms with van der Waals surface area (Å²) in [7, 11) is 0. The summed E-state index contributed by atoms with van der Waals surface area (Å²) in [6.07, 6.45) is 1.68. The number of nitrogens with one attached hydrogen (secondary N) is 1. The molecule has 0 fully saturated rings. The fourth-order valence-electron chi connectivity index (χ4n) is 2.71. The third-order valence-electron chi connectivity index (χ3n) is 4.27. The van der Waals surface area contributed by atoms with Gasteiger partial charge in [-0.25, -0.2) is 9.10 Å². The number of pyridine rings is 1. The molecule has 5 nitrogen and oxygen atoms in total. The lowest BCUT2D eigenvalue weighted by Gasteiger charge is -2.20. The molecule has 3 aromatic rings. The summed E-state index contributed by atoms with van der Waals surface area (Å²) in [4.78, 5) is 29.3. The number of fused-ring (bicyclic) bond motifs is 1. The van der Waals surface area contributed by atoms with Crippen molar-refractivity contribution < 1.29 is 9.59 Å². The van der Waals surface area contributed by atoms with Crippen LogP contribution in [0.2, 0.25) is 0 Å². The van der Waals surface area contributed by atoms with Crippen molar-refractivity contribution in [2.45, 2.75) is 26.2 Å². The molecule has 1 heterocycles. The lowest BCUT2D eigenvalue weighted by Crippen LogP contribution is -2.32. The molecule has 6 heteroatoms. The van der Waals surface area contributed by atoms with Crippen LogP contribution in [-0.2, 0) is 5.41 Å². The molecule has 0 aliphatic heterocycles. The van der Waals surface area contributed by atoms with Gasteiger partial charge in [0, 0.05) is 17.1 Å². The molecule has 0 saturated heterocycles. The highest BCUT2D eigenvalue weighted by atomic mass is 32.1. The van der Waals surface area contributed by atoms with Crippen LogP contribution in [0.5, 0.6) is 0 Å². The number of aromatic nitrogens is 1. The fraction of sp³-hybridized carbons (Fsp3) is 0.190. The van der Waals surface area contributed by atoms with Gasteiger partial charge in [-0.15, -0.1) is 0 Å². The molecular weight excluding hydrogens is 358 g/mol. The number of carbonyl (C=O) groups is 2. The molecule has 0 spiro atoms. The van der Waals surface area contributed by atoms with Crippen LogP contribution in [0, 0.1) is 0 Å². The average Bonchev–Trinajstić information content (AvgIpc) is 2.66. The summed E-state index contributed by atoms with van der Waals surface area (Å²) < 4.78 is 0.779. The zero-order valence-electron chi connectivity index (χ0n) is 15.4. The standard InChI is InChI=1S/C21H21N3O2S/c1-21(2,3)15-11-9-14(10-12-15)19(25)24(27)20(26)23-18-8-4-7-17-16(18)6-5-13-22-17/h4-13,27H,1-3H3,(H,23,26). The Labute approximate surface area is 164 Å². The fourth-order valence-corrected chi connectivity index (χ4v) is 2.87. The number of urea groups is 1. The molecule has 0 aliphatic carbocycles. The van der Waals surface area contributed by atoms with Crippen molar-refractivity contribution in [3.05, 3.63) is 71.9 Å². The van der Waals surface area contributed by atoms with E-state index in [1.807, 2.05) is 24.3 Å². The molecule has 0 radical (unpaired) electrons. The van der Waals surface area contributed by atoms with E-state index >= 15 is 0 Å². The van der Waals surface area contributed by atoms with E-state index < -0.39 is 11.9 Å². The van der Waals surface area contributed by atoms with Crippen molar-refractivity contribution in [3.63, 3.8) is 0 Å². The molecule has 0 bridgehead atoms. The first-order chi connectivity index (χ1) is 12.8. The molecule has 0 unspecified atom stereocenters. The SMILES string of the molecule is CC(C)(C)c1ccc(C(=O)N(S)C(=O)Nc2cccc3ncccc23)cc1. The van der Waals surface area contributed by atoms with Crippen LogP contribution in [0.3, 0.4) is 0 Å². The Hall–Kier alpha value is -2.86. The van der Waals surface area contributed by atoms with Crippen LogP contribution in [0.4, 0.5) is 10.5 Å². The normalized spacial score (nSPS) is 11.3. The largest absolute Gasteiger partial charge is 0.338 e. The molecule has 0 atom stereocenters. The smallest absolute Gasteiger partial charge is 0.306 e. The summed E-state index contributed by atoms with van der Waals surface area (Å²) in [6.45, 7) is 6.30. The van der Waals surface area contributed by atoms with Crippen molar-refractivity contribution in [3.8, 4) is 0 Å². The topological polar surface area (TPSA) is 62.3 Å². The second kappa shape index (κ2) is 7.40. The lowest BCUT2D eigenvalue weighted by atomic mass is 9.87. The van der Waals surface area contributed by atoms with Gasteiger partial charge in [-0.3, -0.25) is 9.78 Å². The Morgan fingerprint density at radius 2 is 1.70 bits per heavy atom. The van der Waals surface area contributed by atoms with E-state index in [1.54, 1.807) is 36.5 Å². The number of benzene rings is 2. The monoisotopic (exact) mass is 379 g/mol. The number of anilines is 1. The van der Waals surface area contributed by atoms with Crippen molar-refractivity contribution >= 4 is 41.3 Å². The predicted octanol–water partition coefficient (Wildman–Crippen LogP) is 5.05. The molecule has 2 aromatic carbocycles. The van der Waals surface area contributed by atoms with Gasteiger partial charge < -0.3 is 5.32 Å². The maximum absolute atomic E-state index is 12.6. The Morgan fingerprint density at radius 3 is 2.37 bits per heavy atom. The molecule has 1 aromatic heterocycles. The van der Waals surface area contributed by atoms with Gasteiger partial charge in [0.05, 0.1) is 11.2 Å². The van der Waals surface area contributed by atoms with E-state index in [9.17, 15) is 9.59 Å². The summed E-state index contributed by atoms with van der Waals surface area (Å²) >= 11 is 4.09. The van der Waals surface area contributed by atoms with Gasteiger partial charge in [-0.1, -0.05) is 51.8 Å². The van der Waals surface area contributed by atoms with E-state index in [-0.39, 0.29) is 5.41 Å². The van der Waals surface area contributed by atoms with Crippen molar-refractivity contribution in [2.75, 3.05) is 5.32 Å². The second-order valence-corrected chi connectivity index (χ2v) is 7.65. The maximum Gasteiger partial charge on any atom is 0.338 e. The van der Waals surface area contributed by atoms with E-state index in [1.165, 1.54) is 0 Å². The number of thiol groups is 1. The van der Waals surface area contributed by atoms with Gasteiger partial charge in [-0.05, 0) is 47.4 Å². The molecule has 0 saturated carbocycles. The van der Waals surface area contributed by atoms with Gasteiger partial charge in [0.1, 0.15) is 0 Å². The molecular formula is C21H21N3O2S. The molecule has 138 valence electrons. The first-order valence-corrected chi connectivity index (χ1v) is 8.96. The highest BCUT2D eigenvalue weighted by Gasteiger charge is 2.21. The minimum atomic E-state index is -0.625. The number of rotatable bonds is 2. The van der Waals surface area contributed by atoms with Gasteiger partial charge in [-0.2, -0.15) is 0 Å². The second-order valence-electron chi connectivity index (χ2n) is 7.25. The van der Waals surface area contributed by atoms with Crippen LogP contribution >= 0.6 is 12.8 Å². The van der Waals surface area contributed by atoms with E-state index in [0.717, 1.165) is 20.8 Å². The zero-order chi connectivity index (χ0) is 19.6. The Kier molecular flexibility index (Phi) is 5.19. The molecule has 3 amide bonds. The highest BCUT2D eigenvalue weighted by Crippen LogP contribution is 2.24. The summed E-state index contributed by atoms with van der Waals surface area (Å²) in [5, 5.41) is 3.51.